The van der Waals surface area contributed by atoms with E-state index in [9.17, 15) is 0 Å². The van der Waals surface area contributed by atoms with Crippen LogP contribution in [0.15, 0.2) is 42.5 Å². The van der Waals surface area contributed by atoms with Gasteiger partial charge in [0.2, 0.25) is 0 Å². The minimum absolute atomic E-state index is 0.606. The highest BCUT2D eigenvalue weighted by molar-refractivity contribution is 5.78. The van der Waals surface area contributed by atoms with Crippen LogP contribution in [-0.2, 0) is 11.2 Å². The summed E-state index contributed by atoms with van der Waals surface area (Å²) in [5.74, 6) is 0.606. The maximum atomic E-state index is 5.55. The lowest BCUT2D eigenvalue weighted by Gasteiger charge is -2.13. The van der Waals surface area contributed by atoms with Crippen molar-refractivity contribution in [1.82, 2.24) is 0 Å². The standard InChI is InChI=1S/C17H16O/c1-2-5-14-12(4-1)10-17-15(6-3-7-16(14)17)13-8-9-18-11-13/h1-7,13H,8-11H2. The van der Waals surface area contributed by atoms with E-state index >= 15 is 0 Å². The van der Waals surface area contributed by atoms with Crippen molar-refractivity contribution in [2.75, 3.05) is 13.2 Å². The minimum Gasteiger partial charge on any atom is -0.381 e. The number of ether oxygens (including phenoxy) is 1. The zero-order valence-corrected chi connectivity index (χ0v) is 10.4. The van der Waals surface area contributed by atoms with Crippen molar-refractivity contribution in [2.45, 2.75) is 18.8 Å². The summed E-state index contributed by atoms with van der Waals surface area (Å²) in [6.45, 7) is 1.81. The van der Waals surface area contributed by atoms with Gasteiger partial charge >= 0.3 is 0 Å². The zero-order valence-electron chi connectivity index (χ0n) is 10.4. The van der Waals surface area contributed by atoms with Crippen LogP contribution in [0, 0.1) is 0 Å². The van der Waals surface area contributed by atoms with E-state index in [-0.39, 0.29) is 0 Å². The first-order valence-electron chi connectivity index (χ1n) is 6.71. The van der Waals surface area contributed by atoms with Crippen molar-refractivity contribution in [2.24, 2.45) is 0 Å². The highest BCUT2D eigenvalue weighted by atomic mass is 16.5. The van der Waals surface area contributed by atoms with Gasteiger partial charge < -0.3 is 4.74 Å². The smallest absolute Gasteiger partial charge is 0.0535 e. The first-order chi connectivity index (χ1) is 8.93. The Morgan fingerprint density at radius 2 is 1.83 bits per heavy atom. The second-order valence-corrected chi connectivity index (χ2v) is 5.27. The van der Waals surface area contributed by atoms with E-state index in [1.54, 1.807) is 0 Å². The minimum atomic E-state index is 0.606. The van der Waals surface area contributed by atoms with Gasteiger partial charge in [-0.15, -0.1) is 0 Å². The fourth-order valence-corrected chi connectivity index (χ4v) is 3.34. The molecule has 1 heteroatoms. The van der Waals surface area contributed by atoms with Crippen LogP contribution in [0.5, 0.6) is 0 Å². The molecule has 1 saturated heterocycles. The highest BCUT2D eigenvalue weighted by Crippen LogP contribution is 2.41. The van der Waals surface area contributed by atoms with Crippen LogP contribution in [0.4, 0.5) is 0 Å². The first kappa shape index (κ1) is 10.3. The van der Waals surface area contributed by atoms with Gasteiger partial charge in [-0.1, -0.05) is 42.5 Å². The van der Waals surface area contributed by atoms with Gasteiger partial charge in [0.15, 0.2) is 0 Å². The highest BCUT2D eigenvalue weighted by Gasteiger charge is 2.26. The fourth-order valence-electron chi connectivity index (χ4n) is 3.34. The first-order valence-corrected chi connectivity index (χ1v) is 6.71. The number of hydrogen-bond acceptors (Lipinski definition) is 1. The van der Waals surface area contributed by atoms with E-state index < -0.39 is 0 Å². The molecular formula is C17H16O. The average Bonchev–Trinajstić information content (AvgIpc) is 3.05. The molecule has 1 nitrogen and oxygen atoms in total. The van der Waals surface area contributed by atoms with E-state index in [1.165, 1.54) is 34.2 Å². The Kier molecular flexibility index (Phi) is 2.27. The Hall–Kier alpha value is -1.60. The van der Waals surface area contributed by atoms with Gasteiger partial charge in [-0.3, -0.25) is 0 Å². The van der Waals surface area contributed by atoms with Gasteiger partial charge in [0.1, 0.15) is 0 Å². The molecule has 1 unspecified atom stereocenters. The van der Waals surface area contributed by atoms with Crippen molar-refractivity contribution in [3.63, 3.8) is 0 Å². The van der Waals surface area contributed by atoms with Crippen molar-refractivity contribution in [3.8, 4) is 11.1 Å². The Bertz CT molecular complexity index is 594. The SMILES string of the molecule is c1ccc2c(c1)Cc1c-2cccc1C1CCOC1. The normalized spacial score (nSPS) is 20.8. The number of hydrogen-bond donors (Lipinski definition) is 0. The van der Waals surface area contributed by atoms with Crippen molar-refractivity contribution in [1.29, 1.82) is 0 Å². The van der Waals surface area contributed by atoms with Gasteiger partial charge in [0.05, 0.1) is 6.61 Å². The van der Waals surface area contributed by atoms with Crippen molar-refractivity contribution < 1.29 is 4.74 Å². The molecule has 0 N–H and O–H groups in total. The van der Waals surface area contributed by atoms with Crippen LogP contribution in [0.2, 0.25) is 0 Å². The third-order valence-corrected chi connectivity index (χ3v) is 4.26. The second kappa shape index (κ2) is 3.96. The van der Waals surface area contributed by atoms with E-state index in [0.29, 0.717) is 5.92 Å². The third-order valence-electron chi connectivity index (χ3n) is 4.26. The van der Waals surface area contributed by atoms with Crippen LogP contribution >= 0.6 is 0 Å². The lowest BCUT2D eigenvalue weighted by molar-refractivity contribution is 0.194. The topological polar surface area (TPSA) is 9.23 Å². The predicted molar refractivity (Wildman–Crippen MR) is 72.9 cm³/mol. The largest absolute Gasteiger partial charge is 0.381 e. The molecule has 18 heavy (non-hydrogen) atoms. The maximum Gasteiger partial charge on any atom is 0.0535 e. The molecule has 0 bridgehead atoms. The summed E-state index contributed by atoms with van der Waals surface area (Å²) < 4.78 is 5.55. The lowest BCUT2D eigenvalue weighted by atomic mass is 9.91. The Balaban J connectivity index is 1.86. The fraction of sp³-hybridized carbons (Fsp3) is 0.294. The van der Waals surface area contributed by atoms with E-state index in [4.69, 9.17) is 4.74 Å². The Labute approximate surface area is 107 Å². The quantitative estimate of drug-likeness (QED) is 0.625. The van der Waals surface area contributed by atoms with Gasteiger partial charge in [-0.05, 0) is 40.7 Å². The summed E-state index contributed by atoms with van der Waals surface area (Å²) in [6, 6.07) is 15.5. The molecule has 0 amide bonds. The van der Waals surface area contributed by atoms with Crippen LogP contribution in [0.1, 0.15) is 29.0 Å². The van der Waals surface area contributed by atoms with E-state index in [2.05, 4.69) is 42.5 Å². The molecule has 4 rings (SSSR count). The molecule has 1 aliphatic heterocycles. The van der Waals surface area contributed by atoms with Crippen LogP contribution in [0.25, 0.3) is 11.1 Å². The molecule has 1 heterocycles. The molecule has 0 saturated carbocycles. The summed E-state index contributed by atoms with van der Waals surface area (Å²) in [5, 5.41) is 0. The summed E-state index contributed by atoms with van der Waals surface area (Å²) in [5.41, 5.74) is 7.39. The van der Waals surface area contributed by atoms with Crippen LogP contribution in [-0.4, -0.2) is 13.2 Å². The summed E-state index contributed by atoms with van der Waals surface area (Å²) >= 11 is 0. The van der Waals surface area contributed by atoms with Crippen LogP contribution < -0.4 is 0 Å². The van der Waals surface area contributed by atoms with Crippen molar-refractivity contribution in [3.05, 3.63) is 59.2 Å². The molecular weight excluding hydrogens is 220 g/mol. The monoisotopic (exact) mass is 236 g/mol. The molecule has 0 spiro atoms. The zero-order chi connectivity index (χ0) is 11.9. The number of benzene rings is 2. The molecule has 1 aliphatic carbocycles. The average molecular weight is 236 g/mol. The van der Waals surface area contributed by atoms with Gasteiger partial charge in [0, 0.05) is 12.5 Å². The summed E-state index contributed by atoms with van der Waals surface area (Å²) in [7, 11) is 0. The van der Waals surface area contributed by atoms with Crippen molar-refractivity contribution >= 4 is 0 Å². The molecule has 1 fully saturated rings. The number of rotatable bonds is 1. The molecule has 2 aliphatic rings. The third kappa shape index (κ3) is 1.44. The predicted octanol–water partition coefficient (Wildman–Crippen LogP) is 3.76. The molecule has 90 valence electrons. The maximum absolute atomic E-state index is 5.55. The van der Waals surface area contributed by atoms with Gasteiger partial charge in [0.25, 0.3) is 0 Å². The molecule has 0 radical (unpaired) electrons. The van der Waals surface area contributed by atoms with E-state index in [1.807, 2.05) is 0 Å². The van der Waals surface area contributed by atoms with Gasteiger partial charge in [-0.25, -0.2) is 0 Å². The lowest BCUT2D eigenvalue weighted by Crippen LogP contribution is -2.01. The molecule has 2 aromatic rings. The van der Waals surface area contributed by atoms with E-state index in [0.717, 1.165) is 19.6 Å². The molecule has 0 aromatic heterocycles. The molecule has 2 aromatic carbocycles. The van der Waals surface area contributed by atoms with Crippen LogP contribution in [0.3, 0.4) is 0 Å². The Morgan fingerprint density at radius 3 is 2.72 bits per heavy atom. The van der Waals surface area contributed by atoms with Gasteiger partial charge in [-0.2, -0.15) is 0 Å². The second-order valence-electron chi connectivity index (χ2n) is 5.27. The molecule has 1 atom stereocenters. The Morgan fingerprint density at radius 1 is 0.944 bits per heavy atom. The summed E-state index contributed by atoms with van der Waals surface area (Å²) in [6.07, 6.45) is 2.27. The number of fused-ring (bicyclic) bond motifs is 3. The summed E-state index contributed by atoms with van der Waals surface area (Å²) in [4.78, 5) is 0.